The number of para-hydroxylation sites is 3. The predicted molar refractivity (Wildman–Crippen MR) is 237 cm³/mol. The molecule has 0 radical (unpaired) electrons. The monoisotopic (exact) mass is 728 g/mol. The second-order valence-corrected chi connectivity index (χ2v) is 15.8. The Morgan fingerprint density at radius 3 is 1.68 bits per heavy atom. The fraction of sp³-hybridized carbons (Fsp3) is 0.0566. The van der Waals surface area contributed by atoms with E-state index < -0.39 is 0 Å². The van der Waals surface area contributed by atoms with Gasteiger partial charge in [-0.2, -0.15) is 0 Å². The van der Waals surface area contributed by atoms with E-state index in [1.54, 1.807) is 0 Å². The zero-order chi connectivity index (χ0) is 37.8. The summed E-state index contributed by atoms with van der Waals surface area (Å²) in [4.78, 5) is 11.0. The van der Waals surface area contributed by atoms with Crippen LogP contribution in [0.2, 0.25) is 0 Å². The van der Waals surface area contributed by atoms with Crippen molar-refractivity contribution in [3.63, 3.8) is 0 Å². The van der Waals surface area contributed by atoms with E-state index in [2.05, 4.69) is 205 Å². The Kier molecular flexibility index (Phi) is 6.65. The van der Waals surface area contributed by atoms with Crippen LogP contribution in [0, 0.1) is 0 Å². The number of rotatable bonds is 4. The third-order valence-corrected chi connectivity index (χ3v) is 12.3. The van der Waals surface area contributed by atoms with Gasteiger partial charge in [0.1, 0.15) is 0 Å². The van der Waals surface area contributed by atoms with E-state index >= 15 is 0 Å². The zero-order valence-corrected chi connectivity index (χ0v) is 31.6. The maximum Gasteiger partial charge on any atom is 0.235 e. The van der Waals surface area contributed by atoms with Crippen LogP contribution in [0.3, 0.4) is 0 Å². The van der Waals surface area contributed by atoms with Crippen molar-refractivity contribution < 1.29 is 0 Å². The average molecular weight is 729 g/mol. The Morgan fingerprint density at radius 1 is 0.421 bits per heavy atom. The highest BCUT2D eigenvalue weighted by molar-refractivity contribution is 6.13. The van der Waals surface area contributed by atoms with E-state index in [4.69, 9.17) is 9.97 Å². The lowest BCUT2D eigenvalue weighted by Crippen LogP contribution is -2.16. The lowest BCUT2D eigenvalue weighted by Gasteiger charge is -2.24. The first-order valence-electron chi connectivity index (χ1n) is 19.7. The number of hydrogen-bond acceptors (Lipinski definition) is 2. The molecule has 1 aliphatic carbocycles. The van der Waals surface area contributed by atoms with E-state index in [0.717, 1.165) is 38.9 Å². The molecule has 4 nitrogen and oxygen atoms in total. The summed E-state index contributed by atoms with van der Waals surface area (Å²) in [6, 6.07) is 65.6. The van der Waals surface area contributed by atoms with Gasteiger partial charge in [-0.05, 0) is 88.0 Å². The van der Waals surface area contributed by atoms with Crippen LogP contribution in [0.5, 0.6) is 0 Å². The Hall–Kier alpha value is -7.30. The highest BCUT2D eigenvalue weighted by Gasteiger charge is 2.38. The summed E-state index contributed by atoms with van der Waals surface area (Å²) in [5, 5.41) is 5.95. The summed E-state index contributed by atoms with van der Waals surface area (Å²) in [5.74, 6) is 0.670. The summed E-state index contributed by atoms with van der Waals surface area (Å²) in [6.07, 6.45) is 0. The molecule has 1 aliphatic rings. The summed E-state index contributed by atoms with van der Waals surface area (Å²) < 4.78 is 4.62. The standard InChI is InChI=1S/C53H36N4/c1-53(2)43-22-12-9-19-37(43)40-27-28-44-49(50(40)53)51(33-15-5-3-6-16-33)55-52(54-44)57-46-24-14-11-21-39(46)42-32-35(26-30-48(42)57)34-25-29-47-41(31-34)38-20-10-13-23-45(38)56(47)36-17-7-4-8-18-36/h3-32H,1-2H3. The van der Waals surface area contributed by atoms with Gasteiger partial charge in [-0.1, -0.05) is 141 Å². The molecule has 0 amide bonds. The number of aromatic nitrogens is 4. The summed E-state index contributed by atoms with van der Waals surface area (Å²) >= 11 is 0. The number of hydrogen-bond donors (Lipinski definition) is 0. The molecule has 11 aromatic rings. The van der Waals surface area contributed by atoms with Crippen LogP contribution in [0.1, 0.15) is 25.0 Å². The molecule has 57 heavy (non-hydrogen) atoms. The predicted octanol–water partition coefficient (Wildman–Crippen LogP) is 13.5. The fourth-order valence-corrected chi connectivity index (χ4v) is 9.77. The van der Waals surface area contributed by atoms with Crippen molar-refractivity contribution >= 4 is 54.5 Å². The van der Waals surface area contributed by atoms with Gasteiger partial charge in [-0.3, -0.25) is 4.57 Å². The van der Waals surface area contributed by atoms with Crippen LogP contribution in [-0.4, -0.2) is 19.1 Å². The largest absolute Gasteiger partial charge is 0.309 e. The van der Waals surface area contributed by atoms with E-state index in [0.29, 0.717) is 5.95 Å². The maximum atomic E-state index is 5.54. The van der Waals surface area contributed by atoms with Gasteiger partial charge in [0.2, 0.25) is 5.95 Å². The lowest BCUT2D eigenvalue weighted by atomic mass is 9.80. The van der Waals surface area contributed by atoms with Gasteiger partial charge in [-0.15, -0.1) is 0 Å². The summed E-state index contributed by atoms with van der Waals surface area (Å²) in [7, 11) is 0. The number of fused-ring (bicyclic) bond motifs is 11. The van der Waals surface area contributed by atoms with E-state index in [1.807, 2.05) is 0 Å². The molecule has 12 rings (SSSR count). The second kappa shape index (κ2) is 11.8. The van der Waals surface area contributed by atoms with Gasteiger partial charge in [0.05, 0.1) is 33.3 Å². The highest BCUT2D eigenvalue weighted by atomic mass is 15.2. The molecule has 0 saturated heterocycles. The first-order valence-corrected chi connectivity index (χ1v) is 19.7. The van der Waals surface area contributed by atoms with Gasteiger partial charge < -0.3 is 4.57 Å². The molecule has 0 saturated carbocycles. The van der Waals surface area contributed by atoms with Crippen molar-refractivity contribution in [2.24, 2.45) is 0 Å². The van der Waals surface area contributed by atoms with Crippen molar-refractivity contribution in [2.45, 2.75) is 19.3 Å². The van der Waals surface area contributed by atoms with Gasteiger partial charge in [-0.25, -0.2) is 9.97 Å². The third kappa shape index (κ3) is 4.55. The molecular weight excluding hydrogens is 693 g/mol. The minimum atomic E-state index is -0.206. The van der Waals surface area contributed by atoms with Gasteiger partial charge in [0, 0.05) is 43.6 Å². The fourth-order valence-electron chi connectivity index (χ4n) is 9.77. The second-order valence-electron chi connectivity index (χ2n) is 15.8. The molecule has 0 atom stereocenters. The minimum Gasteiger partial charge on any atom is -0.309 e. The van der Waals surface area contributed by atoms with Crippen LogP contribution in [0.15, 0.2) is 182 Å². The Labute approximate surface area is 329 Å². The first kappa shape index (κ1) is 32.0. The van der Waals surface area contributed by atoms with Crippen LogP contribution in [0.25, 0.3) is 99.7 Å². The average Bonchev–Trinajstić information content (AvgIpc) is 3.86. The van der Waals surface area contributed by atoms with Gasteiger partial charge in [0.25, 0.3) is 0 Å². The van der Waals surface area contributed by atoms with Crippen LogP contribution >= 0.6 is 0 Å². The van der Waals surface area contributed by atoms with Crippen LogP contribution < -0.4 is 0 Å². The molecule has 0 bridgehead atoms. The molecular formula is C53H36N4. The highest BCUT2D eigenvalue weighted by Crippen LogP contribution is 2.52. The smallest absolute Gasteiger partial charge is 0.235 e. The van der Waals surface area contributed by atoms with Crippen LogP contribution in [-0.2, 0) is 5.41 Å². The molecule has 0 fully saturated rings. The van der Waals surface area contributed by atoms with Crippen molar-refractivity contribution in [3.05, 3.63) is 193 Å². The molecule has 3 heterocycles. The summed E-state index contributed by atoms with van der Waals surface area (Å²) in [6.45, 7) is 4.67. The molecule has 0 aliphatic heterocycles. The van der Waals surface area contributed by atoms with Gasteiger partial charge >= 0.3 is 0 Å². The van der Waals surface area contributed by atoms with Gasteiger partial charge in [0.15, 0.2) is 0 Å². The molecule has 0 unspecified atom stereocenters. The lowest BCUT2D eigenvalue weighted by molar-refractivity contribution is 0.666. The van der Waals surface area contributed by atoms with Crippen molar-refractivity contribution in [1.29, 1.82) is 0 Å². The van der Waals surface area contributed by atoms with Crippen molar-refractivity contribution in [2.75, 3.05) is 0 Å². The van der Waals surface area contributed by atoms with Crippen molar-refractivity contribution in [3.8, 4) is 45.1 Å². The van der Waals surface area contributed by atoms with Crippen molar-refractivity contribution in [1.82, 2.24) is 19.1 Å². The van der Waals surface area contributed by atoms with E-state index in [1.165, 1.54) is 66.0 Å². The third-order valence-electron chi connectivity index (χ3n) is 12.3. The molecule has 0 spiro atoms. The summed E-state index contributed by atoms with van der Waals surface area (Å²) in [5.41, 5.74) is 16.1. The SMILES string of the molecule is CC1(C)c2ccccc2-c2ccc3nc(-n4c5ccccc5c5cc(-c6ccc7c(c6)c6ccccc6n7-c6ccccc6)ccc54)nc(-c4ccccc4)c3c21. The Morgan fingerprint density at radius 2 is 0.982 bits per heavy atom. The minimum absolute atomic E-state index is 0.206. The number of nitrogens with zero attached hydrogens (tertiary/aromatic N) is 4. The first-order chi connectivity index (χ1) is 28.0. The quantitative estimate of drug-likeness (QED) is 0.181. The molecule has 3 aromatic heterocycles. The van der Waals surface area contributed by atoms with E-state index in [-0.39, 0.29) is 5.41 Å². The van der Waals surface area contributed by atoms with Crippen LogP contribution in [0.4, 0.5) is 0 Å². The topological polar surface area (TPSA) is 35.6 Å². The molecule has 4 heteroatoms. The number of benzene rings is 8. The molecule has 268 valence electrons. The Bertz CT molecular complexity index is 3420. The van der Waals surface area contributed by atoms with E-state index in [9.17, 15) is 0 Å². The zero-order valence-electron chi connectivity index (χ0n) is 31.6. The normalized spacial score (nSPS) is 13.2. The molecule has 8 aromatic carbocycles. The molecule has 0 N–H and O–H groups in total. The Balaban J connectivity index is 1.07. The maximum absolute atomic E-state index is 5.54.